The fourth-order valence-electron chi connectivity index (χ4n) is 3.65. The van der Waals surface area contributed by atoms with Crippen molar-refractivity contribution in [3.05, 3.63) is 0 Å². The molecular formula is C18H32N2O2. The van der Waals surface area contributed by atoms with E-state index in [0.29, 0.717) is 6.04 Å². The first-order valence-corrected chi connectivity index (χ1v) is 9.17. The molecule has 0 radical (unpaired) electrons. The molecule has 22 heavy (non-hydrogen) atoms. The van der Waals surface area contributed by atoms with Gasteiger partial charge in [0.15, 0.2) is 0 Å². The zero-order valence-electron chi connectivity index (χ0n) is 14.3. The van der Waals surface area contributed by atoms with Gasteiger partial charge in [-0.3, -0.25) is 9.59 Å². The Kier molecular flexibility index (Phi) is 6.71. The van der Waals surface area contributed by atoms with E-state index >= 15 is 0 Å². The summed E-state index contributed by atoms with van der Waals surface area (Å²) in [7, 11) is 0. The number of amides is 2. The molecule has 0 aromatic carbocycles. The molecule has 1 aliphatic carbocycles. The third-order valence-electron chi connectivity index (χ3n) is 5.12. The number of likely N-dealkylation sites (tertiary alicyclic amines) is 1. The Balaban J connectivity index is 1.75. The van der Waals surface area contributed by atoms with Gasteiger partial charge < -0.3 is 10.2 Å². The highest BCUT2D eigenvalue weighted by Crippen LogP contribution is 2.21. The van der Waals surface area contributed by atoms with Gasteiger partial charge in [-0.2, -0.15) is 0 Å². The van der Waals surface area contributed by atoms with Crippen molar-refractivity contribution < 1.29 is 9.59 Å². The summed E-state index contributed by atoms with van der Waals surface area (Å²) in [5, 5.41) is 3.28. The van der Waals surface area contributed by atoms with E-state index in [0.717, 1.165) is 38.8 Å². The summed E-state index contributed by atoms with van der Waals surface area (Å²) in [5.74, 6) is 0.600. The quantitative estimate of drug-likeness (QED) is 0.871. The Morgan fingerprint density at radius 1 is 0.909 bits per heavy atom. The van der Waals surface area contributed by atoms with E-state index in [1.54, 1.807) is 0 Å². The van der Waals surface area contributed by atoms with Crippen LogP contribution in [0.2, 0.25) is 0 Å². The van der Waals surface area contributed by atoms with Crippen molar-refractivity contribution in [2.75, 3.05) is 13.1 Å². The summed E-state index contributed by atoms with van der Waals surface area (Å²) < 4.78 is 0. The maximum Gasteiger partial charge on any atom is 0.225 e. The fraction of sp³-hybridized carbons (Fsp3) is 0.889. The average molecular weight is 308 g/mol. The third-order valence-corrected chi connectivity index (χ3v) is 5.12. The van der Waals surface area contributed by atoms with Crippen molar-refractivity contribution in [3.63, 3.8) is 0 Å². The van der Waals surface area contributed by atoms with Gasteiger partial charge in [-0.15, -0.1) is 0 Å². The summed E-state index contributed by atoms with van der Waals surface area (Å²) in [6, 6.07) is 0.378. The molecule has 1 N–H and O–H groups in total. The van der Waals surface area contributed by atoms with Crippen molar-refractivity contribution in [3.8, 4) is 0 Å². The van der Waals surface area contributed by atoms with E-state index < -0.39 is 0 Å². The molecule has 0 unspecified atom stereocenters. The Morgan fingerprint density at radius 3 is 2.00 bits per heavy atom. The van der Waals surface area contributed by atoms with Crippen LogP contribution < -0.4 is 5.32 Å². The zero-order valence-corrected chi connectivity index (χ0v) is 14.3. The van der Waals surface area contributed by atoms with Gasteiger partial charge >= 0.3 is 0 Å². The molecule has 0 aromatic rings. The summed E-state index contributed by atoms with van der Waals surface area (Å²) in [6.45, 7) is 5.35. The van der Waals surface area contributed by atoms with Crippen molar-refractivity contribution in [1.82, 2.24) is 10.2 Å². The summed E-state index contributed by atoms with van der Waals surface area (Å²) in [5.41, 5.74) is 0. The molecular weight excluding hydrogens is 276 g/mol. The topological polar surface area (TPSA) is 49.4 Å². The Hall–Kier alpha value is -1.06. The summed E-state index contributed by atoms with van der Waals surface area (Å²) >= 11 is 0. The number of piperidine rings is 1. The van der Waals surface area contributed by atoms with Crippen LogP contribution >= 0.6 is 0 Å². The highest BCUT2D eigenvalue weighted by Gasteiger charge is 2.29. The van der Waals surface area contributed by atoms with Crippen LogP contribution in [0, 0.1) is 11.8 Å². The second kappa shape index (κ2) is 8.54. The minimum absolute atomic E-state index is 0.0558. The van der Waals surface area contributed by atoms with E-state index in [1.807, 2.05) is 18.7 Å². The Labute approximate surface area is 135 Å². The van der Waals surface area contributed by atoms with Crippen molar-refractivity contribution in [2.45, 2.75) is 77.7 Å². The van der Waals surface area contributed by atoms with Crippen LogP contribution in [0.25, 0.3) is 0 Å². The first-order valence-electron chi connectivity index (χ1n) is 9.17. The normalized spacial score (nSPS) is 22.2. The van der Waals surface area contributed by atoms with Gasteiger partial charge in [0.05, 0.1) is 0 Å². The zero-order chi connectivity index (χ0) is 15.9. The average Bonchev–Trinajstić information content (AvgIpc) is 2.49. The molecule has 0 aromatic heterocycles. The first kappa shape index (κ1) is 17.3. The standard InChI is InChI=1S/C18H32N2O2/c1-14(2)18(22)20-12-10-15(11-13-20)17(21)19-16-8-6-4-3-5-7-9-16/h14-16H,3-13H2,1-2H3,(H,19,21). The molecule has 4 nitrogen and oxygen atoms in total. The monoisotopic (exact) mass is 308 g/mol. The second-order valence-electron chi connectivity index (χ2n) is 7.30. The van der Waals surface area contributed by atoms with Crippen LogP contribution in [-0.4, -0.2) is 35.8 Å². The van der Waals surface area contributed by atoms with Crippen LogP contribution in [0.1, 0.15) is 71.6 Å². The molecule has 126 valence electrons. The lowest BCUT2D eigenvalue weighted by Gasteiger charge is -2.33. The largest absolute Gasteiger partial charge is 0.353 e. The van der Waals surface area contributed by atoms with Gasteiger partial charge in [0.2, 0.25) is 11.8 Å². The van der Waals surface area contributed by atoms with E-state index in [4.69, 9.17) is 0 Å². The molecule has 1 aliphatic heterocycles. The van der Waals surface area contributed by atoms with Crippen LogP contribution in [0.4, 0.5) is 0 Å². The first-order chi connectivity index (χ1) is 10.6. The molecule has 4 heteroatoms. The molecule has 2 aliphatic rings. The van der Waals surface area contributed by atoms with Gasteiger partial charge in [0.1, 0.15) is 0 Å². The number of rotatable bonds is 3. The number of nitrogens with zero attached hydrogens (tertiary/aromatic N) is 1. The lowest BCUT2D eigenvalue weighted by Crippen LogP contribution is -2.46. The van der Waals surface area contributed by atoms with Crippen molar-refractivity contribution in [2.24, 2.45) is 11.8 Å². The second-order valence-corrected chi connectivity index (χ2v) is 7.30. The number of hydrogen-bond donors (Lipinski definition) is 1. The summed E-state index contributed by atoms with van der Waals surface area (Å²) in [6.07, 6.45) is 10.4. The fourth-order valence-corrected chi connectivity index (χ4v) is 3.65. The predicted molar refractivity (Wildman–Crippen MR) is 88.4 cm³/mol. The molecule has 2 amide bonds. The number of carbonyl (C=O) groups is 2. The van der Waals surface area contributed by atoms with Crippen molar-refractivity contribution in [1.29, 1.82) is 0 Å². The number of nitrogens with one attached hydrogen (secondary N) is 1. The van der Waals surface area contributed by atoms with Gasteiger partial charge in [0.25, 0.3) is 0 Å². The molecule has 0 atom stereocenters. The minimum Gasteiger partial charge on any atom is -0.353 e. The SMILES string of the molecule is CC(C)C(=O)N1CCC(C(=O)NC2CCCCCCC2)CC1. The molecule has 1 saturated carbocycles. The van der Waals surface area contributed by atoms with Crippen LogP contribution in [0.3, 0.4) is 0 Å². The molecule has 1 heterocycles. The summed E-state index contributed by atoms with van der Waals surface area (Å²) in [4.78, 5) is 26.4. The van der Waals surface area contributed by atoms with E-state index in [9.17, 15) is 9.59 Å². The highest BCUT2D eigenvalue weighted by atomic mass is 16.2. The van der Waals surface area contributed by atoms with Gasteiger partial charge in [-0.25, -0.2) is 0 Å². The molecule has 2 rings (SSSR count). The highest BCUT2D eigenvalue weighted by molar-refractivity contribution is 5.81. The maximum absolute atomic E-state index is 12.5. The number of hydrogen-bond acceptors (Lipinski definition) is 2. The van der Waals surface area contributed by atoms with E-state index in [2.05, 4.69) is 5.32 Å². The van der Waals surface area contributed by atoms with Crippen molar-refractivity contribution >= 4 is 11.8 Å². The van der Waals surface area contributed by atoms with E-state index in [-0.39, 0.29) is 23.7 Å². The van der Waals surface area contributed by atoms with Crippen LogP contribution in [0.5, 0.6) is 0 Å². The van der Waals surface area contributed by atoms with E-state index in [1.165, 1.54) is 32.1 Å². The molecule has 2 fully saturated rings. The van der Waals surface area contributed by atoms with Gasteiger partial charge in [0, 0.05) is 31.0 Å². The third kappa shape index (κ3) is 4.99. The lowest BCUT2D eigenvalue weighted by atomic mass is 9.93. The molecule has 1 saturated heterocycles. The van der Waals surface area contributed by atoms with Gasteiger partial charge in [-0.1, -0.05) is 46.0 Å². The van der Waals surface area contributed by atoms with Crippen LogP contribution in [0.15, 0.2) is 0 Å². The predicted octanol–water partition coefficient (Wildman–Crippen LogP) is 3.11. The minimum atomic E-state index is 0.0558. The number of carbonyl (C=O) groups excluding carboxylic acids is 2. The smallest absolute Gasteiger partial charge is 0.225 e. The lowest BCUT2D eigenvalue weighted by molar-refractivity contribution is -0.138. The molecule has 0 bridgehead atoms. The Morgan fingerprint density at radius 2 is 1.45 bits per heavy atom. The Bertz CT molecular complexity index is 365. The maximum atomic E-state index is 12.5. The van der Waals surface area contributed by atoms with Gasteiger partial charge in [-0.05, 0) is 25.7 Å². The molecule has 0 spiro atoms. The van der Waals surface area contributed by atoms with Crippen LogP contribution in [-0.2, 0) is 9.59 Å².